The third kappa shape index (κ3) is 4.15. The lowest BCUT2D eigenvalue weighted by atomic mass is 10.1. The largest absolute Gasteiger partial charge is 0.394 e. The number of nitro groups is 1. The van der Waals surface area contributed by atoms with E-state index in [1.165, 1.54) is 6.07 Å². The van der Waals surface area contributed by atoms with E-state index in [0.717, 1.165) is 5.69 Å². The fraction of sp³-hybridized carbons (Fsp3) is 0.214. The second-order valence-electron chi connectivity index (χ2n) is 4.31. The van der Waals surface area contributed by atoms with Gasteiger partial charge in [0.1, 0.15) is 0 Å². The van der Waals surface area contributed by atoms with Gasteiger partial charge in [-0.2, -0.15) is 5.10 Å². The Kier molecular flexibility index (Phi) is 5.05. The maximum atomic E-state index is 10.9. The minimum atomic E-state index is -0.397. The smallest absolute Gasteiger partial charge is 0.276 e. The summed E-state index contributed by atoms with van der Waals surface area (Å²) in [6.45, 7) is 1.02. The first-order chi connectivity index (χ1) is 10.2. The van der Waals surface area contributed by atoms with Crippen LogP contribution in [0.4, 0.5) is 11.4 Å². The Morgan fingerprint density at radius 3 is 3.00 bits per heavy atom. The fourth-order valence-corrected chi connectivity index (χ4v) is 1.84. The second kappa shape index (κ2) is 7.20. The molecule has 0 aliphatic carbocycles. The zero-order chi connectivity index (χ0) is 15.1. The van der Waals surface area contributed by atoms with Crippen LogP contribution < -0.4 is 5.32 Å². The molecule has 1 heterocycles. The maximum absolute atomic E-state index is 10.9. The lowest BCUT2D eigenvalue weighted by molar-refractivity contribution is -0.385. The van der Waals surface area contributed by atoms with Crippen molar-refractivity contribution in [3.05, 3.63) is 58.4 Å². The number of nitrogens with one attached hydrogen (secondary N) is 1. The Bertz CT molecular complexity index is 637. The predicted octanol–water partition coefficient (Wildman–Crippen LogP) is 1.91. The van der Waals surface area contributed by atoms with Gasteiger partial charge in [-0.1, -0.05) is 24.3 Å². The molecule has 0 bridgehead atoms. The summed E-state index contributed by atoms with van der Waals surface area (Å²) in [6, 6.07) is 6.59. The van der Waals surface area contributed by atoms with Crippen LogP contribution in [0.1, 0.15) is 5.56 Å². The Hall–Kier alpha value is -2.67. The van der Waals surface area contributed by atoms with Crippen LogP contribution in [-0.2, 0) is 6.54 Å². The number of anilines is 1. The summed E-state index contributed by atoms with van der Waals surface area (Å²) < 4.78 is 1.63. The Labute approximate surface area is 121 Å². The summed E-state index contributed by atoms with van der Waals surface area (Å²) in [6.07, 6.45) is 6.97. The summed E-state index contributed by atoms with van der Waals surface area (Å²) in [4.78, 5) is 10.5. The molecule has 2 N–H and O–H groups in total. The molecule has 110 valence electrons. The van der Waals surface area contributed by atoms with Crippen molar-refractivity contribution in [3.8, 4) is 0 Å². The number of benzene rings is 1. The highest BCUT2D eigenvalue weighted by Crippen LogP contribution is 2.18. The summed E-state index contributed by atoms with van der Waals surface area (Å²) in [5.41, 5.74) is 1.49. The highest BCUT2D eigenvalue weighted by atomic mass is 16.6. The number of aliphatic hydroxyl groups excluding tert-OH is 1. The monoisotopic (exact) mass is 288 g/mol. The number of rotatable bonds is 7. The van der Waals surface area contributed by atoms with Gasteiger partial charge in [0.15, 0.2) is 0 Å². The van der Waals surface area contributed by atoms with E-state index in [1.54, 1.807) is 41.4 Å². The van der Waals surface area contributed by atoms with E-state index in [4.69, 9.17) is 5.11 Å². The van der Waals surface area contributed by atoms with Crippen molar-refractivity contribution in [1.82, 2.24) is 9.78 Å². The van der Waals surface area contributed by atoms with E-state index < -0.39 is 4.92 Å². The van der Waals surface area contributed by atoms with Crippen molar-refractivity contribution in [3.63, 3.8) is 0 Å². The molecule has 2 rings (SSSR count). The molecule has 0 saturated carbocycles. The number of para-hydroxylation sites is 1. The Balaban J connectivity index is 1.92. The minimum absolute atomic E-state index is 0.0404. The van der Waals surface area contributed by atoms with Gasteiger partial charge in [0.2, 0.25) is 0 Å². The lowest BCUT2D eigenvalue weighted by Gasteiger charge is -1.99. The molecule has 0 fully saturated rings. The van der Waals surface area contributed by atoms with Crippen LogP contribution in [0.3, 0.4) is 0 Å². The molecule has 0 aliphatic rings. The topological polar surface area (TPSA) is 93.2 Å². The molecule has 0 atom stereocenters. The van der Waals surface area contributed by atoms with Crippen molar-refractivity contribution in [2.24, 2.45) is 0 Å². The van der Waals surface area contributed by atoms with E-state index >= 15 is 0 Å². The molecule has 1 aromatic carbocycles. The molecule has 0 amide bonds. The normalized spacial score (nSPS) is 10.9. The maximum Gasteiger partial charge on any atom is 0.276 e. The summed E-state index contributed by atoms with van der Waals surface area (Å²) in [5.74, 6) is 0. The molecule has 0 spiro atoms. The fourth-order valence-electron chi connectivity index (χ4n) is 1.84. The number of nitrogens with zero attached hydrogens (tertiary/aromatic N) is 3. The van der Waals surface area contributed by atoms with Gasteiger partial charge in [-0.25, -0.2) is 0 Å². The first-order valence-corrected chi connectivity index (χ1v) is 6.48. The molecule has 7 nitrogen and oxygen atoms in total. The van der Waals surface area contributed by atoms with Crippen molar-refractivity contribution < 1.29 is 10.0 Å². The van der Waals surface area contributed by atoms with Crippen molar-refractivity contribution >= 4 is 17.5 Å². The van der Waals surface area contributed by atoms with E-state index in [1.807, 2.05) is 6.08 Å². The number of nitro benzene ring substituents is 1. The zero-order valence-corrected chi connectivity index (χ0v) is 11.3. The van der Waals surface area contributed by atoms with Crippen LogP contribution in [0.5, 0.6) is 0 Å². The van der Waals surface area contributed by atoms with Crippen LogP contribution in [0, 0.1) is 10.1 Å². The molecule has 0 unspecified atom stereocenters. The highest BCUT2D eigenvalue weighted by molar-refractivity contribution is 5.61. The van der Waals surface area contributed by atoms with Gasteiger partial charge < -0.3 is 10.4 Å². The van der Waals surface area contributed by atoms with Gasteiger partial charge in [0.05, 0.1) is 35.5 Å². The molecule has 1 aromatic heterocycles. The standard InChI is InChI=1S/C14H16N4O3/c19-9-8-17-11-13(10-16-17)15-7-3-5-12-4-1-2-6-14(12)18(20)21/h1-6,10-11,15,19H,7-9H2/b5-3+. The van der Waals surface area contributed by atoms with E-state index in [9.17, 15) is 10.1 Å². The van der Waals surface area contributed by atoms with Gasteiger partial charge >= 0.3 is 0 Å². The highest BCUT2D eigenvalue weighted by Gasteiger charge is 2.08. The lowest BCUT2D eigenvalue weighted by Crippen LogP contribution is -2.02. The third-order valence-corrected chi connectivity index (χ3v) is 2.82. The van der Waals surface area contributed by atoms with Crippen molar-refractivity contribution in [1.29, 1.82) is 0 Å². The summed E-state index contributed by atoms with van der Waals surface area (Å²) in [5, 5.41) is 26.8. The van der Waals surface area contributed by atoms with Gasteiger partial charge in [-0.05, 0) is 6.07 Å². The molecular weight excluding hydrogens is 272 g/mol. The van der Waals surface area contributed by atoms with Crippen LogP contribution >= 0.6 is 0 Å². The molecule has 0 saturated heterocycles. The first kappa shape index (κ1) is 14.7. The van der Waals surface area contributed by atoms with Crippen molar-refractivity contribution in [2.75, 3.05) is 18.5 Å². The van der Waals surface area contributed by atoms with Gasteiger partial charge in [-0.15, -0.1) is 0 Å². The van der Waals surface area contributed by atoms with E-state index in [-0.39, 0.29) is 12.3 Å². The van der Waals surface area contributed by atoms with Gasteiger partial charge in [0.25, 0.3) is 5.69 Å². The molecular formula is C14H16N4O3. The van der Waals surface area contributed by atoms with E-state index in [0.29, 0.717) is 18.7 Å². The molecule has 21 heavy (non-hydrogen) atoms. The Morgan fingerprint density at radius 2 is 2.24 bits per heavy atom. The SMILES string of the molecule is O=[N+]([O-])c1ccccc1/C=C/CNc1cnn(CCO)c1. The molecule has 7 heteroatoms. The number of hydrogen-bond acceptors (Lipinski definition) is 5. The van der Waals surface area contributed by atoms with E-state index in [2.05, 4.69) is 10.4 Å². The quantitative estimate of drug-likeness (QED) is 0.599. The van der Waals surface area contributed by atoms with Crippen LogP contribution in [0.15, 0.2) is 42.7 Å². The minimum Gasteiger partial charge on any atom is -0.394 e. The molecule has 0 aliphatic heterocycles. The first-order valence-electron chi connectivity index (χ1n) is 6.48. The summed E-state index contributed by atoms with van der Waals surface area (Å²) in [7, 11) is 0. The van der Waals surface area contributed by atoms with Gasteiger partial charge in [-0.3, -0.25) is 14.8 Å². The average Bonchev–Trinajstić information content (AvgIpc) is 2.92. The average molecular weight is 288 g/mol. The predicted molar refractivity (Wildman–Crippen MR) is 79.9 cm³/mol. The van der Waals surface area contributed by atoms with Crippen LogP contribution in [-0.4, -0.2) is 33.0 Å². The number of hydrogen-bond donors (Lipinski definition) is 2. The molecule has 2 aromatic rings. The third-order valence-electron chi connectivity index (χ3n) is 2.82. The summed E-state index contributed by atoms with van der Waals surface area (Å²) >= 11 is 0. The second-order valence-corrected chi connectivity index (χ2v) is 4.31. The number of aromatic nitrogens is 2. The number of aliphatic hydroxyl groups is 1. The van der Waals surface area contributed by atoms with Crippen LogP contribution in [0.2, 0.25) is 0 Å². The Morgan fingerprint density at radius 1 is 1.43 bits per heavy atom. The molecule has 0 radical (unpaired) electrons. The van der Waals surface area contributed by atoms with Crippen molar-refractivity contribution in [2.45, 2.75) is 6.54 Å². The zero-order valence-electron chi connectivity index (χ0n) is 11.3. The van der Waals surface area contributed by atoms with Gasteiger partial charge in [0, 0.05) is 18.8 Å². The van der Waals surface area contributed by atoms with Crippen LogP contribution in [0.25, 0.3) is 6.08 Å².